The molecule has 0 aliphatic carbocycles. The highest BCUT2D eigenvalue weighted by atomic mass is 16.6. The summed E-state index contributed by atoms with van der Waals surface area (Å²) < 4.78 is 0. The van der Waals surface area contributed by atoms with E-state index in [2.05, 4.69) is 14.8 Å². The van der Waals surface area contributed by atoms with Gasteiger partial charge in [-0.2, -0.15) is 0 Å². The fourth-order valence-electron chi connectivity index (χ4n) is 4.52. The van der Waals surface area contributed by atoms with Crippen molar-refractivity contribution < 1.29 is 10.0 Å². The number of nitro groups is 1. The number of rotatable bonds is 8. The van der Waals surface area contributed by atoms with Crippen molar-refractivity contribution in [3.63, 3.8) is 0 Å². The number of aromatic nitrogens is 2. The third kappa shape index (κ3) is 5.95. The highest BCUT2D eigenvalue weighted by Gasteiger charge is 2.23. The lowest BCUT2D eigenvalue weighted by Gasteiger charge is -2.37. The molecule has 1 fully saturated rings. The maximum Gasteiger partial charge on any atom is 0.269 e. The molecule has 2 aromatic carbocycles. The minimum Gasteiger partial charge on any atom is -0.391 e. The summed E-state index contributed by atoms with van der Waals surface area (Å²) >= 11 is 0. The minimum absolute atomic E-state index is 0.0893. The number of aryl methyl sites for hydroxylation is 2. The summed E-state index contributed by atoms with van der Waals surface area (Å²) in [7, 11) is 0. The molecular formula is C26H31N5O3. The average molecular weight is 462 g/mol. The topological polar surface area (TPSA) is 95.6 Å². The predicted molar refractivity (Wildman–Crippen MR) is 132 cm³/mol. The summed E-state index contributed by atoms with van der Waals surface area (Å²) in [5, 5.41) is 21.5. The summed E-state index contributed by atoms with van der Waals surface area (Å²) in [6.45, 7) is 7.90. The van der Waals surface area contributed by atoms with Crippen molar-refractivity contribution in [1.82, 2.24) is 14.9 Å². The zero-order valence-corrected chi connectivity index (χ0v) is 19.7. The first kappa shape index (κ1) is 23.8. The first-order valence-electron chi connectivity index (χ1n) is 11.7. The second-order valence-corrected chi connectivity index (χ2v) is 8.89. The summed E-state index contributed by atoms with van der Waals surface area (Å²) in [6, 6.07) is 16.8. The first-order valence-corrected chi connectivity index (χ1v) is 11.7. The van der Waals surface area contributed by atoms with Gasteiger partial charge in [-0.25, -0.2) is 9.97 Å². The molecule has 178 valence electrons. The summed E-state index contributed by atoms with van der Waals surface area (Å²) in [4.78, 5) is 24.5. The highest BCUT2D eigenvalue weighted by molar-refractivity contribution is 5.52. The molecule has 1 aromatic heterocycles. The first-order chi connectivity index (χ1) is 16.4. The van der Waals surface area contributed by atoms with E-state index in [0.717, 1.165) is 60.2 Å². The number of piperazine rings is 1. The van der Waals surface area contributed by atoms with Crippen LogP contribution in [0.25, 0.3) is 0 Å². The maximum absolute atomic E-state index is 11.0. The number of nitrogens with zero attached hydrogens (tertiary/aromatic N) is 5. The fourth-order valence-corrected chi connectivity index (χ4v) is 4.52. The lowest BCUT2D eigenvalue weighted by molar-refractivity contribution is -0.384. The van der Waals surface area contributed by atoms with Crippen LogP contribution in [0.5, 0.6) is 0 Å². The molecule has 8 nitrogen and oxygen atoms in total. The number of aliphatic hydroxyl groups is 1. The molecule has 1 atom stereocenters. The molecule has 1 aliphatic heterocycles. The van der Waals surface area contributed by atoms with Gasteiger partial charge in [0.25, 0.3) is 5.69 Å². The Morgan fingerprint density at radius 3 is 2.29 bits per heavy atom. The molecule has 0 unspecified atom stereocenters. The molecule has 1 aliphatic rings. The number of hydrogen-bond acceptors (Lipinski definition) is 7. The molecule has 3 aromatic rings. The monoisotopic (exact) mass is 461 g/mol. The number of β-amino-alcohol motifs (C(OH)–C–C–N with tert-alkyl or cyclic N) is 1. The van der Waals surface area contributed by atoms with Gasteiger partial charge in [-0.3, -0.25) is 15.0 Å². The molecule has 0 saturated carbocycles. The van der Waals surface area contributed by atoms with Crippen LogP contribution in [-0.4, -0.2) is 63.7 Å². The highest BCUT2D eigenvalue weighted by Crippen LogP contribution is 2.26. The molecule has 0 spiro atoms. The molecule has 0 amide bonds. The summed E-state index contributed by atoms with van der Waals surface area (Å²) in [6.07, 6.45) is 0.885. The van der Waals surface area contributed by atoms with Crippen LogP contribution in [0.3, 0.4) is 0 Å². The molecule has 1 N–H and O–H groups in total. The zero-order valence-electron chi connectivity index (χ0n) is 19.7. The molecular weight excluding hydrogens is 430 g/mol. The van der Waals surface area contributed by atoms with Crippen LogP contribution < -0.4 is 4.90 Å². The van der Waals surface area contributed by atoms with E-state index < -0.39 is 6.10 Å². The van der Waals surface area contributed by atoms with Crippen molar-refractivity contribution in [1.29, 1.82) is 0 Å². The quantitative estimate of drug-likeness (QED) is 0.406. The van der Waals surface area contributed by atoms with Crippen molar-refractivity contribution in [3.05, 3.63) is 92.9 Å². The third-order valence-electron chi connectivity index (χ3n) is 6.29. The molecule has 0 radical (unpaired) electrons. The van der Waals surface area contributed by atoms with Gasteiger partial charge >= 0.3 is 0 Å². The number of non-ortho nitro benzene ring substituents is 1. The van der Waals surface area contributed by atoms with Crippen LogP contribution in [0.2, 0.25) is 0 Å². The van der Waals surface area contributed by atoms with Gasteiger partial charge in [0.2, 0.25) is 0 Å². The number of anilines is 1. The van der Waals surface area contributed by atoms with Crippen molar-refractivity contribution in [2.75, 3.05) is 37.6 Å². The Labute approximate surface area is 200 Å². The second kappa shape index (κ2) is 10.7. The summed E-state index contributed by atoms with van der Waals surface area (Å²) in [5.41, 5.74) is 4.21. The normalized spacial score (nSPS) is 15.3. The number of benzene rings is 2. The lowest BCUT2D eigenvalue weighted by Crippen LogP contribution is -2.49. The molecule has 1 saturated heterocycles. The van der Waals surface area contributed by atoms with E-state index in [0.29, 0.717) is 19.4 Å². The van der Waals surface area contributed by atoms with Crippen LogP contribution in [-0.2, 0) is 12.8 Å². The Kier molecular flexibility index (Phi) is 7.49. The number of aliphatic hydroxyl groups excluding tert-OH is 1. The Hall–Kier alpha value is -3.36. The van der Waals surface area contributed by atoms with Crippen LogP contribution in [0.4, 0.5) is 11.5 Å². The van der Waals surface area contributed by atoms with E-state index in [9.17, 15) is 15.2 Å². The van der Waals surface area contributed by atoms with Crippen molar-refractivity contribution >= 4 is 11.5 Å². The van der Waals surface area contributed by atoms with Crippen LogP contribution in [0.15, 0.2) is 54.6 Å². The smallest absolute Gasteiger partial charge is 0.269 e. The molecule has 4 rings (SSSR count). The van der Waals surface area contributed by atoms with Crippen LogP contribution in [0, 0.1) is 24.0 Å². The Balaban J connectivity index is 1.41. The zero-order chi connectivity index (χ0) is 24.1. The predicted octanol–water partition coefficient (Wildman–Crippen LogP) is 3.32. The Morgan fingerprint density at radius 2 is 1.65 bits per heavy atom. The second-order valence-electron chi connectivity index (χ2n) is 8.89. The van der Waals surface area contributed by atoms with Crippen LogP contribution in [0.1, 0.15) is 28.2 Å². The van der Waals surface area contributed by atoms with E-state index in [-0.39, 0.29) is 10.6 Å². The fraction of sp³-hybridized carbons (Fsp3) is 0.385. The van der Waals surface area contributed by atoms with E-state index in [4.69, 9.17) is 4.98 Å². The third-order valence-corrected chi connectivity index (χ3v) is 6.29. The van der Waals surface area contributed by atoms with Gasteiger partial charge in [0.05, 0.1) is 11.0 Å². The van der Waals surface area contributed by atoms with Gasteiger partial charge < -0.3 is 10.0 Å². The van der Waals surface area contributed by atoms with Gasteiger partial charge in [-0.05, 0) is 31.4 Å². The van der Waals surface area contributed by atoms with Crippen LogP contribution >= 0.6 is 0 Å². The Bertz CT molecular complexity index is 1110. The van der Waals surface area contributed by atoms with E-state index in [1.54, 1.807) is 24.3 Å². The van der Waals surface area contributed by atoms with E-state index in [1.807, 2.05) is 44.2 Å². The SMILES string of the molecule is Cc1nc(C)c(Cc2ccc([N+](=O)[O-])cc2)c(N2CCN(C[C@@H](O)Cc3ccccc3)CC2)n1. The van der Waals surface area contributed by atoms with Crippen molar-refractivity contribution in [3.8, 4) is 0 Å². The molecule has 8 heteroatoms. The number of hydrogen-bond donors (Lipinski definition) is 1. The maximum atomic E-state index is 11.0. The van der Waals surface area contributed by atoms with Crippen molar-refractivity contribution in [2.45, 2.75) is 32.8 Å². The van der Waals surface area contributed by atoms with E-state index >= 15 is 0 Å². The number of nitro benzene ring substituents is 1. The van der Waals surface area contributed by atoms with Crippen molar-refractivity contribution in [2.24, 2.45) is 0 Å². The van der Waals surface area contributed by atoms with Gasteiger partial charge in [0.1, 0.15) is 11.6 Å². The molecule has 2 heterocycles. The van der Waals surface area contributed by atoms with Gasteiger partial charge in [0.15, 0.2) is 0 Å². The summed E-state index contributed by atoms with van der Waals surface area (Å²) in [5.74, 6) is 1.67. The lowest BCUT2D eigenvalue weighted by atomic mass is 10.0. The largest absolute Gasteiger partial charge is 0.391 e. The van der Waals surface area contributed by atoms with Gasteiger partial charge in [-0.1, -0.05) is 42.5 Å². The average Bonchev–Trinajstić information content (AvgIpc) is 2.82. The van der Waals surface area contributed by atoms with Gasteiger partial charge in [0, 0.05) is 62.5 Å². The van der Waals surface area contributed by atoms with Gasteiger partial charge in [-0.15, -0.1) is 0 Å². The Morgan fingerprint density at radius 1 is 0.971 bits per heavy atom. The molecule has 34 heavy (non-hydrogen) atoms. The van der Waals surface area contributed by atoms with E-state index in [1.165, 1.54) is 0 Å². The molecule has 0 bridgehead atoms. The standard InChI is InChI=1S/C26H31N5O3/c1-19-25(17-22-8-10-23(11-9-22)31(33)34)26(28-20(2)27-19)30-14-12-29(13-15-30)18-24(32)16-21-6-4-3-5-7-21/h3-11,24,32H,12-18H2,1-2H3/t24-/m0/s1. The minimum atomic E-state index is -0.393.